The highest BCUT2D eigenvalue weighted by Crippen LogP contribution is 2.13. The number of ether oxygens (including phenoxy) is 1. The van der Waals surface area contributed by atoms with E-state index in [1.54, 1.807) is 24.3 Å². The maximum Gasteiger partial charge on any atom is 0.220 e. The van der Waals surface area contributed by atoms with Gasteiger partial charge < -0.3 is 10.1 Å². The van der Waals surface area contributed by atoms with Crippen LogP contribution < -0.4 is 10.1 Å². The summed E-state index contributed by atoms with van der Waals surface area (Å²) in [5, 5.41) is 2.77. The first-order chi connectivity index (χ1) is 12.1. The Morgan fingerprint density at radius 2 is 1.76 bits per heavy atom. The molecule has 0 atom stereocenters. The van der Waals surface area contributed by atoms with Crippen LogP contribution in [0.2, 0.25) is 0 Å². The molecule has 2 rings (SSSR count). The van der Waals surface area contributed by atoms with E-state index in [9.17, 15) is 9.59 Å². The van der Waals surface area contributed by atoms with E-state index in [0.29, 0.717) is 37.3 Å². The third-order valence-electron chi connectivity index (χ3n) is 3.46. The molecule has 4 nitrogen and oxygen atoms in total. The predicted molar refractivity (Wildman–Crippen MR) is 97.5 cm³/mol. The standard InChI is InChI=1S/C21H21NO3/c1-17(23)19-11-13-20(14-12-19)25-16-6-10-21(24)22-15-5-9-18-7-3-2-4-8-18/h2-4,7-8,11-14H,6,10,15-16H2,1H3,(H,22,24). The van der Waals surface area contributed by atoms with Crippen molar-refractivity contribution in [3.63, 3.8) is 0 Å². The Morgan fingerprint density at radius 1 is 1.04 bits per heavy atom. The molecular weight excluding hydrogens is 314 g/mol. The SMILES string of the molecule is CC(=O)c1ccc(OCCCC(=O)NCC#Cc2ccccc2)cc1. The Morgan fingerprint density at radius 3 is 2.44 bits per heavy atom. The molecule has 0 aromatic heterocycles. The van der Waals surface area contributed by atoms with E-state index < -0.39 is 0 Å². The largest absolute Gasteiger partial charge is 0.494 e. The molecule has 25 heavy (non-hydrogen) atoms. The molecule has 0 aliphatic heterocycles. The lowest BCUT2D eigenvalue weighted by Gasteiger charge is -2.06. The minimum Gasteiger partial charge on any atom is -0.494 e. The number of nitrogens with one attached hydrogen (secondary N) is 1. The van der Waals surface area contributed by atoms with Gasteiger partial charge in [-0.1, -0.05) is 30.0 Å². The molecule has 0 unspecified atom stereocenters. The lowest BCUT2D eigenvalue weighted by Crippen LogP contribution is -2.23. The summed E-state index contributed by atoms with van der Waals surface area (Å²) in [7, 11) is 0. The van der Waals surface area contributed by atoms with Crippen molar-refractivity contribution in [3.05, 3.63) is 65.7 Å². The van der Waals surface area contributed by atoms with Gasteiger partial charge in [0.2, 0.25) is 5.91 Å². The molecule has 2 aromatic rings. The number of amides is 1. The van der Waals surface area contributed by atoms with Crippen LogP contribution in [-0.4, -0.2) is 24.8 Å². The second-order valence-electron chi connectivity index (χ2n) is 5.48. The lowest BCUT2D eigenvalue weighted by molar-refractivity contribution is -0.121. The van der Waals surface area contributed by atoms with Crippen molar-refractivity contribution in [2.24, 2.45) is 0 Å². The fraction of sp³-hybridized carbons (Fsp3) is 0.238. The van der Waals surface area contributed by atoms with Gasteiger partial charge in [0.25, 0.3) is 0 Å². The topological polar surface area (TPSA) is 55.4 Å². The van der Waals surface area contributed by atoms with Crippen molar-refractivity contribution in [3.8, 4) is 17.6 Å². The first-order valence-corrected chi connectivity index (χ1v) is 8.19. The molecule has 0 aliphatic carbocycles. The molecule has 0 saturated heterocycles. The van der Waals surface area contributed by atoms with Crippen molar-refractivity contribution in [1.29, 1.82) is 0 Å². The minimum atomic E-state index is -0.0436. The van der Waals surface area contributed by atoms with E-state index in [2.05, 4.69) is 17.2 Å². The van der Waals surface area contributed by atoms with Gasteiger partial charge in [0.15, 0.2) is 5.78 Å². The maximum atomic E-state index is 11.7. The Balaban J connectivity index is 1.61. The van der Waals surface area contributed by atoms with Crippen molar-refractivity contribution >= 4 is 11.7 Å². The first-order valence-electron chi connectivity index (χ1n) is 8.19. The number of benzene rings is 2. The molecule has 1 amide bonds. The molecule has 0 bridgehead atoms. The second-order valence-corrected chi connectivity index (χ2v) is 5.48. The number of hydrogen-bond donors (Lipinski definition) is 1. The van der Waals surface area contributed by atoms with Gasteiger partial charge in [0.1, 0.15) is 5.75 Å². The third-order valence-corrected chi connectivity index (χ3v) is 3.46. The van der Waals surface area contributed by atoms with E-state index in [0.717, 1.165) is 5.56 Å². The monoisotopic (exact) mass is 335 g/mol. The van der Waals surface area contributed by atoms with Crippen molar-refractivity contribution in [1.82, 2.24) is 5.32 Å². The predicted octanol–water partition coefficient (Wildman–Crippen LogP) is 3.22. The molecule has 4 heteroatoms. The minimum absolute atomic E-state index is 0.0265. The van der Waals surface area contributed by atoms with Crippen LogP contribution in [0.25, 0.3) is 0 Å². The summed E-state index contributed by atoms with van der Waals surface area (Å²) < 4.78 is 5.56. The van der Waals surface area contributed by atoms with Gasteiger partial charge in [0.05, 0.1) is 13.2 Å². The summed E-state index contributed by atoms with van der Waals surface area (Å²) in [5.41, 5.74) is 1.59. The molecule has 1 N–H and O–H groups in total. The highest BCUT2D eigenvalue weighted by Gasteiger charge is 2.02. The molecule has 0 fully saturated rings. The maximum absolute atomic E-state index is 11.7. The summed E-state index contributed by atoms with van der Waals surface area (Å²) in [5.74, 6) is 6.59. The highest BCUT2D eigenvalue weighted by molar-refractivity contribution is 5.94. The van der Waals surface area contributed by atoms with E-state index >= 15 is 0 Å². The Kier molecular flexibility index (Phi) is 7.27. The molecule has 0 heterocycles. The average molecular weight is 335 g/mol. The molecule has 0 aliphatic rings. The zero-order chi connectivity index (χ0) is 17.9. The van der Waals surface area contributed by atoms with Crippen LogP contribution in [-0.2, 0) is 4.79 Å². The number of rotatable bonds is 7. The number of carbonyl (C=O) groups is 2. The number of Topliss-reactive ketones (excluding diaryl/α,β-unsaturated/α-hetero) is 1. The smallest absolute Gasteiger partial charge is 0.220 e. The Bertz CT molecular complexity index is 755. The molecule has 128 valence electrons. The van der Waals surface area contributed by atoms with Gasteiger partial charge in [-0.3, -0.25) is 9.59 Å². The fourth-order valence-corrected chi connectivity index (χ4v) is 2.11. The van der Waals surface area contributed by atoms with E-state index in [-0.39, 0.29) is 11.7 Å². The van der Waals surface area contributed by atoms with E-state index in [4.69, 9.17) is 4.74 Å². The van der Waals surface area contributed by atoms with Crippen LogP contribution >= 0.6 is 0 Å². The van der Waals surface area contributed by atoms with Gasteiger partial charge in [-0.15, -0.1) is 0 Å². The number of carbonyl (C=O) groups excluding carboxylic acids is 2. The van der Waals surface area contributed by atoms with Crippen LogP contribution in [0.1, 0.15) is 35.7 Å². The summed E-state index contributed by atoms with van der Waals surface area (Å²) in [4.78, 5) is 22.9. The summed E-state index contributed by atoms with van der Waals surface area (Å²) in [6.45, 7) is 2.31. The number of ketones is 1. The van der Waals surface area contributed by atoms with Crippen molar-refractivity contribution < 1.29 is 14.3 Å². The normalized spacial score (nSPS) is 9.64. The Labute approximate surface area is 148 Å². The lowest BCUT2D eigenvalue weighted by atomic mass is 10.1. The van der Waals surface area contributed by atoms with Crippen molar-refractivity contribution in [2.75, 3.05) is 13.2 Å². The summed E-state index contributed by atoms with van der Waals surface area (Å²) in [6.07, 6.45) is 1.00. The van der Waals surface area contributed by atoms with Crippen LogP contribution in [0.5, 0.6) is 5.75 Å². The van der Waals surface area contributed by atoms with E-state index in [1.165, 1.54) is 6.92 Å². The van der Waals surface area contributed by atoms with Gasteiger partial charge in [-0.2, -0.15) is 0 Å². The number of hydrogen-bond acceptors (Lipinski definition) is 3. The van der Waals surface area contributed by atoms with Crippen molar-refractivity contribution in [2.45, 2.75) is 19.8 Å². The van der Waals surface area contributed by atoms with Crippen LogP contribution in [0.3, 0.4) is 0 Å². The Hall–Kier alpha value is -3.06. The molecular formula is C21H21NO3. The quantitative estimate of drug-likeness (QED) is 0.480. The average Bonchev–Trinajstić information content (AvgIpc) is 2.63. The molecule has 2 aromatic carbocycles. The third kappa shape index (κ3) is 6.92. The fourth-order valence-electron chi connectivity index (χ4n) is 2.11. The van der Waals surface area contributed by atoms with Gasteiger partial charge in [-0.05, 0) is 49.7 Å². The van der Waals surface area contributed by atoms with Crippen LogP contribution in [0.15, 0.2) is 54.6 Å². The van der Waals surface area contributed by atoms with Gasteiger partial charge in [-0.25, -0.2) is 0 Å². The van der Waals surface area contributed by atoms with Gasteiger partial charge >= 0.3 is 0 Å². The van der Waals surface area contributed by atoms with E-state index in [1.807, 2.05) is 30.3 Å². The first kappa shape index (κ1) is 18.3. The zero-order valence-corrected chi connectivity index (χ0v) is 14.2. The van der Waals surface area contributed by atoms with Gasteiger partial charge in [0, 0.05) is 17.5 Å². The van der Waals surface area contributed by atoms with Crippen LogP contribution in [0.4, 0.5) is 0 Å². The molecule has 0 radical (unpaired) electrons. The second kappa shape index (κ2) is 9.94. The highest BCUT2D eigenvalue weighted by atomic mass is 16.5. The molecule has 0 saturated carbocycles. The molecule has 0 spiro atoms. The summed E-state index contributed by atoms with van der Waals surface area (Å²) in [6, 6.07) is 16.6. The van der Waals surface area contributed by atoms with Crippen LogP contribution in [0, 0.1) is 11.8 Å². The summed E-state index contributed by atoms with van der Waals surface area (Å²) >= 11 is 0. The zero-order valence-electron chi connectivity index (χ0n) is 14.2.